The fourth-order valence-corrected chi connectivity index (χ4v) is 2.87. The lowest BCUT2D eigenvalue weighted by molar-refractivity contribution is -0.140. The molecule has 0 aromatic heterocycles. The Balaban J connectivity index is 2.11. The molecule has 144 valence electrons. The molecule has 0 aromatic carbocycles. The van der Waals surface area contributed by atoms with Gasteiger partial charge in [0, 0.05) is 58.5 Å². The zero-order valence-corrected chi connectivity index (χ0v) is 15.8. The first-order valence-corrected chi connectivity index (χ1v) is 9.46. The van der Waals surface area contributed by atoms with E-state index in [-0.39, 0.29) is 17.7 Å². The Kier molecular flexibility index (Phi) is 10.1. The number of carbonyl (C=O) groups excluding carboxylic acids is 3. The lowest BCUT2D eigenvalue weighted by Crippen LogP contribution is -2.50. The number of hydrogen-bond donors (Lipinski definition) is 2. The minimum atomic E-state index is -0.0107. The zero-order chi connectivity index (χ0) is 18.7. The molecular weight excluding hydrogens is 320 g/mol. The first kappa shape index (κ1) is 21.4. The van der Waals surface area contributed by atoms with Gasteiger partial charge in [-0.2, -0.15) is 0 Å². The first-order valence-electron chi connectivity index (χ1n) is 9.46. The van der Waals surface area contributed by atoms with Crippen molar-refractivity contribution in [2.45, 2.75) is 52.4 Å². The van der Waals surface area contributed by atoms with Gasteiger partial charge < -0.3 is 20.9 Å². The van der Waals surface area contributed by atoms with E-state index >= 15 is 0 Å². The van der Waals surface area contributed by atoms with Gasteiger partial charge in [0.1, 0.15) is 0 Å². The SMILES string of the molecule is CC(C)CC(=O)N1CCN(C(=O)CCCCCNC(=O)CCN)CC1. The van der Waals surface area contributed by atoms with E-state index in [1.165, 1.54) is 0 Å². The fraction of sp³-hybridized carbons (Fsp3) is 0.833. The minimum absolute atomic E-state index is 0.0107. The van der Waals surface area contributed by atoms with Gasteiger partial charge in [0.2, 0.25) is 17.7 Å². The standard InChI is InChI=1S/C18H34N4O3/c1-15(2)14-18(25)22-12-10-21(11-13-22)17(24)6-4-3-5-9-20-16(23)7-8-19/h15H,3-14,19H2,1-2H3,(H,20,23). The van der Waals surface area contributed by atoms with Crippen molar-refractivity contribution in [2.75, 3.05) is 39.3 Å². The van der Waals surface area contributed by atoms with Gasteiger partial charge in [-0.1, -0.05) is 20.3 Å². The van der Waals surface area contributed by atoms with Gasteiger partial charge in [0.15, 0.2) is 0 Å². The van der Waals surface area contributed by atoms with Gasteiger partial charge in [-0.3, -0.25) is 14.4 Å². The van der Waals surface area contributed by atoms with Crippen LogP contribution in [0.2, 0.25) is 0 Å². The molecule has 25 heavy (non-hydrogen) atoms. The molecule has 7 nitrogen and oxygen atoms in total. The number of unbranched alkanes of at least 4 members (excludes halogenated alkanes) is 2. The molecule has 1 aliphatic rings. The molecule has 1 heterocycles. The van der Waals surface area contributed by atoms with Crippen molar-refractivity contribution in [3.8, 4) is 0 Å². The molecule has 1 saturated heterocycles. The summed E-state index contributed by atoms with van der Waals surface area (Å²) in [6, 6.07) is 0. The molecular formula is C18H34N4O3. The molecule has 0 bridgehead atoms. The predicted octanol–water partition coefficient (Wildman–Crippen LogP) is 0.729. The van der Waals surface area contributed by atoms with Gasteiger partial charge in [0.05, 0.1) is 0 Å². The number of nitrogens with one attached hydrogen (secondary N) is 1. The lowest BCUT2D eigenvalue weighted by atomic mass is 10.1. The highest BCUT2D eigenvalue weighted by atomic mass is 16.2. The summed E-state index contributed by atoms with van der Waals surface area (Å²) < 4.78 is 0. The Morgan fingerprint density at radius 1 is 0.920 bits per heavy atom. The monoisotopic (exact) mass is 354 g/mol. The van der Waals surface area contributed by atoms with E-state index in [1.54, 1.807) is 0 Å². The highest BCUT2D eigenvalue weighted by Gasteiger charge is 2.23. The summed E-state index contributed by atoms with van der Waals surface area (Å²) in [6.07, 6.45) is 4.11. The van der Waals surface area contributed by atoms with Crippen LogP contribution in [0.3, 0.4) is 0 Å². The van der Waals surface area contributed by atoms with E-state index in [0.29, 0.717) is 64.4 Å². The van der Waals surface area contributed by atoms with E-state index in [2.05, 4.69) is 5.32 Å². The van der Waals surface area contributed by atoms with Gasteiger partial charge in [-0.05, 0) is 18.8 Å². The second-order valence-electron chi connectivity index (χ2n) is 7.06. The van der Waals surface area contributed by atoms with Gasteiger partial charge in [-0.15, -0.1) is 0 Å². The zero-order valence-electron chi connectivity index (χ0n) is 15.8. The summed E-state index contributed by atoms with van der Waals surface area (Å²) in [6.45, 7) is 7.66. The molecule has 0 atom stereocenters. The molecule has 3 N–H and O–H groups in total. The number of rotatable bonds is 10. The average molecular weight is 354 g/mol. The second kappa shape index (κ2) is 11.8. The van der Waals surface area contributed by atoms with Crippen molar-refractivity contribution in [1.29, 1.82) is 0 Å². The predicted molar refractivity (Wildman–Crippen MR) is 97.8 cm³/mol. The normalized spacial score (nSPS) is 14.7. The van der Waals surface area contributed by atoms with E-state index < -0.39 is 0 Å². The van der Waals surface area contributed by atoms with Crippen molar-refractivity contribution < 1.29 is 14.4 Å². The number of carbonyl (C=O) groups is 3. The Bertz CT molecular complexity index is 432. The maximum atomic E-state index is 12.2. The van der Waals surface area contributed by atoms with Crippen LogP contribution < -0.4 is 11.1 Å². The second-order valence-corrected chi connectivity index (χ2v) is 7.06. The van der Waals surface area contributed by atoms with E-state index in [0.717, 1.165) is 19.3 Å². The van der Waals surface area contributed by atoms with Crippen LogP contribution in [0.1, 0.15) is 52.4 Å². The van der Waals surface area contributed by atoms with Gasteiger partial charge in [-0.25, -0.2) is 0 Å². The minimum Gasteiger partial charge on any atom is -0.356 e. The van der Waals surface area contributed by atoms with E-state index in [1.807, 2.05) is 23.6 Å². The molecule has 3 amide bonds. The topological polar surface area (TPSA) is 95.7 Å². The Labute approximate surface area is 151 Å². The first-order chi connectivity index (χ1) is 11.9. The van der Waals surface area contributed by atoms with Crippen molar-refractivity contribution in [3.63, 3.8) is 0 Å². The Hall–Kier alpha value is -1.63. The third-order valence-electron chi connectivity index (χ3n) is 4.33. The Morgan fingerprint density at radius 3 is 2.08 bits per heavy atom. The van der Waals surface area contributed by atoms with Crippen LogP contribution in [0.15, 0.2) is 0 Å². The third kappa shape index (κ3) is 8.86. The largest absolute Gasteiger partial charge is 0.356 e. The van der Waals surface area contributed by atoms with Crippen molar-refractivity contribution in [2.24, 2.45) is 11.7 Å². The lowest BCUT2D eigenvalue weighted by Gasteiger charge is -2.35. The van der Waals surface area contributed by atoms with Crippen molar-refractivity contribution in [3.05, 3.63) is 0 Å². The molecule has 1 aliphatic heterocycles. The van der Waals surface area contributed by atoms with Crippen LogP contribution in [0, 0.1) is 5.92 Å². The number of piperazine rings is 1. The van der Waals surface area contributed by atoms with Gasteiger partial charge in [0.25, 0.3) is 0 Å². The van der Waals surface area contributed by atoms with E-state index in [9.17, 15) is 14.4 Å². The molecule has 7 heteroatoms. The molecule has 0 saturated carbocycles. The highest BCUT2D eigenvalue weighted by Crippen LogP contribution is 2.10. The van der Waals surface area contributed by atoms with Crippen LogP contribution in [0.5, 0.6) is 0 Å². The number of amides is 3. The van der Waals surface area contributed by atoms with Crippen LogP contribution in [-0.4, -0.2) is 66.8 Å². The summed E-state index contributed by atoms with van der Waals surface area (Å²) in [5, 5.41) is 2.81. The van der Waals surface area contributed by atoms with Crippen molar-refractivity contribution >= 4 is 17.7 Å². The summed E-state index contributed by atoms with van der Waals surface area (Å²) in [7, 11) is 0. The maximum absolute atomic E-state index is 12.2. The fourth-order valence-electron chi connectivity index (χ4n) is 2.87. The average Bonchev–Trinajstić information content (AvgIpc) is 2.57. The number of nitrogens with zero attached hydrogens (tertiary/aromatic N) is 2. The molecule has 0 aromatic rings. The summed E-state index contributed by atoms with van der Waals surface area (Å²) in [4.78, 5) is 39.2. The van der Waals surface area contributed by atoms with Crippen LogP contribution in [-0.2, 0) is 14.4 Å². The Morgan fingerprint density at radius 2 is 1.52 bits per heavy atom. The molecule has 0 unspecified atom stereocenters. The summed E-state index contributed by atoms with van der Waals surface area (Å²) in [5.41, 5.74) is 5.31. The van der Waals surface area contributed by atoms with Crippen LogP contribution >= 0.6 is 0 Å². The molecule has 0 aliphatic carbocycles. The third-order valence-corrected chi connectivity index (χ3v) is 4.33. The molecule has 0 radical (unpaired) electrons. The van der Waals surface area contributed by atoms with Crippen molar-refractivity contribution in [1.82, 2.24) is 15.1 Å². The smallest absolute Gasteiger partial charge is 0.222 e. The van der Waals surface area contributed by atoms with Crippen LogP contribution in [0.4, 0.5) is 0 Å². The van der Waals surface area contributed by atoms with E-state index in [4.69, 9.17) is 5.73 Å². The molecule has 0 spiro atoms. The molecule has 1 fully saturated rings. The van der Waals surface area contributed by atoms with Gasteiger partial charge >= 0.3 is 0 Å². The summed E-state index contributed by atoms with van der Waals surface area (Å²) >= 11 is 0. The summed E-state index contributed by atoms with van der Waals surface area (Å²) in [5.74, 6) is 0.720. The van der Waals surface area contributed by atoms with Crippen LogP contribution in [0.25, 0.3) is 0 Å². The number of nitrogens with two attached hydrogens (primary N) is 1. The quantitative estimate of drug-likeness (QED) is 0.565. The highest BCUT2D eigenvalue weighted by molar-refractivity contribution is 5.78. The maximum Gasteiger partial charge on any atom is 0.222 e. The molecule has 1 rings (SSSR count). The number of hydrogen-bond acceptors (Lipinski definition) is 4.